The number of aliphatic hydroxyl groups is 2. The second-order valence-electron chi connectivity index (χ2n) is 3.60. The summed E-state index contributed by atoms with van der Waals surface area (Å²) in [7, 11) is -2.44. The minimum absolute atomic E-state index is 0.447. The molecular weight excluding hydrogens is 176 g/mol. The van der Waals surface area contributed by atoms with Crippen molar-refractivity contribution >= 4 is 8.32 Å². The molecule has 3 N–H and O–H groups in total. The van der Waals surface area contributed by atoms with Gasteiger partial charge in [0.05, 0.1) is 5.73 Å². The van der Waals surface area contributed by atoms with Gasteiger partial charge in [0.1, 0.15) is 0 Å². The number of hydrogen-bond acceptors (Lipinski definition) is 4. The lowest BCUT2D eigenvalue weighted by Gasteiger charge is -2.30. The molecule has 12 heavy (non-hydrogen) atoms. The lowest BCUT2D eigenvalue weighted by atomic mass is 10.5. The highest BCUT2D eigenvalue weighted by Gasteiger charge is 2.34. The number of ether oxygens (including phenoxy) is 1. The lowest BCUT2D eigenvalue weighted by Crippen LogP contribution is -2.48. The third-order valence-corrected chi connectivity index (χ3v) is 3.63. The van der Waals surface area contributed by atoms with Gasteiger partial charge >= 0.3 is 0 Å². The molecule has 4 nitrogen and oxygen atoms in total. The smallest absolute Gasteiger partial charge is 0.274 e. The summed E-state index contributed by atoms with van der Waals surface area (Å²) >= 11 is 0. The molecule has 1 atom stereocenters. The van der Waals surface area contributed by atoms with Crippen LogP contribution in [0.3, 0.4) is 0 Å². The van der Waals surface area contributed by atoms with E-state index in [1.807, 2.05) is 6.92 Å². The van der Waals surface area contributed by atoms with Gasteiger partial charge in [-0.2, -0.15) is 0 Å². The van der Waals surface area contributed by atoms with Crippen molar-refractivity contribution < 1.29 is 19.7 Å². The summed E-state index contributed by atoms with van der Waals surface area (Å²) < 4.78 is 4.87. The van der Waals surface area contributed by atoms with Crippen molar-refractivity contribution in [3.63, 3.8) is 0 Å². The van der Waals surface area contributed by atoms with Gasteiger partial charge in [-0.1, -0.05) is 6.92 Å². The molecule has 0 saturated carbocycles. The van der Waals surface area contributed by atoms with E-state index in [2.05, 4.69) is 0 Å². The van der Waals surface area contributed by atoms with Gasteiger partial charge in [0, 0.05) is 6.92 Å². The fraction of sp³-hybridized carbons (Fsp3) is 1.00. The average Bonchev–Trinajstić information content (AvgIpc) is 1.78. The first-order valence-electron chi connectivity index (χ1n) is 4.01. The van der Waals surface area contributed by atoms with Gasteiger partial charge in [0.15, 0.2) is 0 Å². The van der Waals surface area contributed by atoms with Gasteiger partial charge in [0.2, 0.25) is 8.32 Å². The largest absolute Gasteiger partial charge is 0.430 e. The Morgan fingerprint density at radius 1 is 1.42 bits per heavy atom. The molecule has 0 spiro atoms. The van der Waals surface area contributed by atoms with E-state index in [0.717, 1.165) is 6.92 Å². The lowest BCUT2D eigenvalue weighted by molar-refractivity contribution is -0.334. The molecule has 0 aromatic rings. The minimum Gasteiger partial charge on any atom is -0.430 e. The van der Waals surface area contributed by atoms with Crippen LogP contribution >= 0.6 is 0 Å². The van der Waals surface area contributed by atoms with E-state index in [0.29, 0.717) is 6.42 Å². The highest BCUT2D eigenvalue weighted by Crippen LogP contribution is 2.16. The van der Waals surface area contributed by atoms with E-state index in [1.165, 1.54) is 0 Å². The van der Waals surface area contributed by atoms with Crippen LogP contribution in [0.15, 0.2) is 0 Å². The highest BCUT2D eigenvalue weighted by atomic mass is 28.4. The second kappa shape index (κ2) is 3.84. The predicted octanol–water partition coefficient (Wildman–Crippen LogP) is 0.176. The molecule has 0 radical (unpaired) electrons. The molecule has 0 aliphatic rings. The van der Waals surface area contributed by atoms with E-state index >= 15 is 0 Å². The van der Waals surface area contributed by atoms with Crippen molar-refractivity contribution in [2.75, 3.05) is 0 Å². The van der Waals surface area contributed by atoms with Crippen LogP contribution < -0.4 is 0 Å². The van der Waals surface area contributed by atoms with Crippen LogP contribution in [0, 0.1) is 0 Å². The Morgan fingerprint density at radius 2 is 1.83 bits per heavy atom. The highest BCUT2D eigenvalue weighted by molar-refractivity contribution is 6.71. The fourth-order valence-electron chi connectivity index (χ4n) is 0.997. The van der Waals surface area contributed by atoms with Crippen LogP contribution in [0.5, 0.6) is 0 Å². The van der Waals surface area contributed by atoms with Crippen molar-refractivity contribution in [3.8, 4) is 0 Å². The molecule has 0 bridgehead atoms. The van der Waals surface area contributed by atoms with Crippen LogP contribution in [-0.2, 0) is 4.74 Å². The third-order valence-electron chi connectivity index (χ3n) is 1.52. The summed E-state index contributed by atoms with van der Waals surface area (Å²) in [4.78, 5) is 9.63. The maximum absolute atomic E-state index is 9.63. The number of rotatable bonds is 4. The topological polar surface area (TPSA) is 69.9 Å². The summed E-state index contributed by atoms with van der Waals surface area (Å²) in [6.45, 7) is 6.37. The number of hydrogen-bond donors (Lipinski definition) is 3. The van der Waals surface area contributed by atoms with E-state index in [9.17, 15) is 4.80 Å². The van der Waals surface area contributed by atoms with Crippen LogP contribution in [0.2, 0.25) is 13.1 Å². The first-order chi connectivity index (χ1) is 5.17. The Morgan fingerprint density at radius 3 is 1.92 bits per heavy atom. The van der Waals surface area contributed by atoms with Crippen LogP contribution in [-0.4, -0.2) is 35.0 Å². The Bertz CT molecular complexity index is 135. The van der Waals surface area contributed by atoms with Gasteiger partial charge in [0.25, 0.3) is 5.97 Å². The summed E-state index contributed by atoms with van der Waals surface area (Å²) in [6, 6.07) is 0. The molecule has 0 aromatic heterocycles. The second-order valence-corrected chi connectivity index (χ2v) is 7.55. The van der Waals surface area contributed by atoms with Crippen molar-refractivity contribution in [2.24, 2.45) is 0 Å². The average molecular weight is 194 g/mol. The normalized spacial score (nSPS) is 16.2. The predicted molar refractivity (Wildman–Crippen MR) is 47.7 cm³/mol. The molecule has 0 fully saturated rings. The first-order valence-corrected chi connectivity index (χ1v) is 7.04. The van der Waals surface area contributed by atoms with Crippen molar-refractivity contribution in [1.29, 1.82) is 0 Å². The minimum atomic E-state index is -2.44. The van der Waals surface area contributed by atoms with Crippen LogP contribution in [0.25, 0.3) is 0 Å². The Hall–Kier alpha value is 0.0569. The SMILES string of the molecule is CCC(OC(C)(O)O)[Si](C)(C)O. The van der Waals surface area contributed by atoms with E-state index in [4.69, 9.17) is 14.9 Å². The zero-order valence-electron chi connectivity index (χ0n) is 8.03. The summed E-state index contributed by atoms with van der Waals surface area (Å²) in [6.07, 6.45) is 0.576. The van der Waals surface area contributed by atoms with E-state index in [1.54, 1.807) is 13.1 Å². The van der Waals surface area contributed by atoms with Gasteiger partial charge in [-0.25, -0.2) is 0 Å². The molecule has 0 aliphatic carbocycles. The summed E-state index contributed by atoms with van der Waals surface area (Å²) in [5.74, 6) is -2.15. The van der Waals surface area contributed by atoms with Gasteiger partial charge in [-0.05, 0) is 19.5 Å². The fourth-order valence-corrected chi connectivity index (χ4v) is 2.51. The third kappa shape index (κ3) is 4.84. The van der Waals surface area contributed by atoms with E-state index in [-0.39, 0.29) is 0 Å². The zero-order chi connectivity index (χ0) is 9.99. The monoisotopic (exact) mass is 194 g/mol. The zero-order valence-corrected chi connectivity index (χ0v) is 9.03. The molecule has 0 amide bonds. The van der Waals surface area contributed by atoms with Gasteiger partial charge < -0.3 is 19.7 Å². The molecule has 74 valence electrons. The molecule has 1 unspecified atom stereocenters. The van der Waals surface area contributed by atoms with Gasteiger partial charge in [-0.3, -0.25) is 0 Å². The molecule has 0 saturated heterocycles. The Kier molecular flexibility index (Phi) is 3.86. The quantitative estimate of drug-likeness (QED) is 0.441. The molecule has 0 heterocycles. The molecule has 0 aliphatic heterocycles. The van der Waals surface area contributed by atoms with Crippen molar-refractivity contribution in [1.82, 2.24) is 0 Å². The van der Waals surface area contributed by atoms with Crippen LogP contribution in [0.1, 0.15) is 20.3 Å². The molecule has 0 aromatic carbocycles. The van der Waals surface area contributed by atoms with Crippen LogP contribution in [0.4, 0.5) is 0 Å². The maximum atomic E-state index is 9.63. The molecule has 0 rings (SSSR count). The van der Waals surface area contributed by atoms with Crippen molar-refractivity contribution in [2.45, 2.75) is 45.1 Å². The maximum Gasteiger partial charge on any atom is 0.274 e. The Labute approximate surface area is 73.9 Å². The first kappa shape index (κ1) is 12.1. The summed E-state index contributed by atoms with van der Waals surface area (Å²) in [5, 5.41) is 17.9. The standard InChI is InChI=1S/C7H18O4Si/c1-5-6(12(3,4)10)11-7(2,8)9/h6,8-10H,5H2,1-4H3. The summed E-state index contributed by atoms with van der Waals surface area (Å²) in [5.41, 5.74) is -0.447. The molecule has 5 heteroatoms. The molecular formula is C7H18O4Si. The Balaban J connectivity index is 4.20. The van der Waals surface area contributed by atoms with Crippen molar-refractivity contribution in [3.05, 3.63) is 0 Å². The van der Waals surface area contributed by atoms with Gasteiger partial charge in [-0.15, -0.1) is 0 Å². The van der Waals surface area contributed by atoms with E-state index < -0.39 is 20.0 Å².